The van der Waals surface area contributed by atoms with Crippen LogP contribution in [0.2, 0.25) is 0 Å². The number of nitrogens with zero attached hydrogens (tertiary/aromatic N) is 3. The minimum absolute atomic E-state index is 0.0167. The first-order chi connectivity index (χ1) is 11.6. The standard InChI is InChI=1S/C17H23N5OS/c1-10-9-18-16(24-10)15(12-6-7-12)20-17(23)19-14-8-13(21-22(14)2)11-4-3-5-11/h8-9,11-12,15H,3-7H2,1-2H3,(H2,19,20,23)/t15-/m1/s1. The number of hydrogen-bond acceptors (Lipinski definition) is 4. The Kier molecular flexibility index (Phi) is 4.04. The van der Waals surface area contributed by atoms with Crippen molar-refractivity contribution in [2.75, 3.05) is 5.32 Å². The van der Waals surface area contributed by atoms with Crippen molar-refractivity contribution in [2.24, 2.45) is 13.0 Å². The molecule has 4 rings (SSSR count). The van der Waals surface area contributed by atoms with Gasteiger partial charge < -0.3 is 5.32 Å². The molecule has 128 valence electrons. The minimum atomic E-state index is -0.178. The second kappa shape index (κ2) is 6.20. The molecule has 7 heteroatoms. The molecule has 2 amide bonds. The van der Waals surface area contributed by atoms with Gasteiger partial charge in [-0.2, -0.15) is 5.10 Å². The van der Waals surface area contributed by atoms with Gasteiger partial charge in [-0.1, -0.05) is 6.42 Å². The van der Waals surface area contributed by atoms with E-state index in [0.717, 1.165) is 29.4 Å². The number of thiazole rings is 1. The average Bonchev–Trinajstić information content (AvgIpc) is 3.14. The highest BCUT2D eigenvalue weighted by molar-refractivity contribution is 7.11. The van der Waals surface area contributed by atoms with E-state index in [0.29, 0.717) is 11.8 Å². The number of urea groups is 1. The summed E-state index contributed by atoms with van der Waals surface area (Å²) in [5.74, 6) is 1.82. The van der Waals surface area contributed by atoms with E-state index in [1.54, 1.807) is 16.0 Å². The molecule has 24 heavy (non-hydrogen) atoms. The summed E-state index contributed by atoms with van der Waals surface area (Å²) < 4.78 is 1.76. The Morgan fingerprint density at radius 3 is 2.75 bits per heavy atom. The molecule has 2 aromatic rings. The number of amides is 2. The fourth-order valence-corrected chi connectivity index (χ4v) is 4.05. The van der Waals surface area contributed by atoms with E-state index in [9.17, 15) is 4.79 Å². The highest BCUT2D eigenvalue weighted by Gasteiger charge is 2.35. The number of aromatic nitrogens is 3. The Labute approximate surface area is 145 Å². The fourth-order valence-electron chi connectivity index (χ4n) is 3.13. The first-order valence-corrected chi connectivity index (χ1v) is 9.45. The van der Waals surface area contributed by atoms with E-state index >= 15 is 0 Å². The third-order valence-corrected chi connectivity index (χ3v) is 5.94. The van der Waals surface area contributed by atoms with E-state index in [1.165, 1.54) is 24.1 Å². The van der Waals surface area contributed by atoms with E-state index in [1.807, 2.05) is 26.2 Å². The number of hydrogen-bond donors (Lipinski definition) is 2. The van der Waals surface area contributed by atoms with Crippen LogP contribution in [0.5, 0.6) is 0 Å². The first-order valence-electron chi connectivity index (χ1n) is 8.64. The maximum Gasteiger partial charge on any atom is 0.320 e. The van der Waals surface area contributed by atoms with Gasteiger partial charge in [0.1, 0.15) is 10.8 Å². The van der Waals surface area contributed by atoms with Crippen LogP contribution in [0.25, 0.3) is 0 Å². The van der Waals surface area contributed by atoms with Crippen molar-refractivity contribution >= 4 is 23.2 Å². The van der Waals surface area contributed by atoms with Crippen LogP contribution in [0.4, 0.5) is 10.6 Å². The monoisotopic (exact) mass is 345 g/mol. The SMILES string of the molecule is Cc1cnc([C@H](NC(=O)Nc2cc(C3CCC3)nn2C)C2CC2)s1. The highest BCUT2D eigenvalue weighted by Crippen LogP contribution is 2.42. The minimum Gasteiger partial charge on any atom is -0.328 e. The molecule has 2 fully saturated rings. The Hall–Kier alpha value is -1.89. The quantitative estimate of drug-likeness (QED) is 0.867. The van der Waals surface area contributed by atoms with E-state index in [4.69, 9.17) is 0 Å². The number of carbonyl (C=O) groups excluding carboxylic acids is 1. The summed E-state index contributed by atoms with van der Waals surface area (Å²) in [6.07, 6.45) is 7.87. The van der Waals surface area contributed by atoms with Crippen molar-refractivity contribution in [1.82, 2.24) is 20.1 Å². The lowest BCUT2D eigenvalue weighted by molar-refractivity contribution is 0.247. The number of anilines is 1. The zero-order chi connectivity index (χ0) is 16.7. The molecule has 0 spiro atoms. The van der Waals surface area contributed by atoms with Crippen molar-refractivity contribution in [1.29, 1.82) is 0 Å². The summed E-state index contributed by atoms with van der Waals surface area (Å²) in [5, 5.41) is 11.6. The third kappa shape index (κ3) is 3.17. The molecule has 0 saturated heterocycles. The Morgan fingerprint density at radius 1 is 1.38 bits per heavy atom. The Morgan fingerprint density at radius 2 is 2.17 bits per heavy atom. The zero-order valence-electron chi connectivity index (χ0n) is 14.1. The van der Waals surface area contributed by atoms with Gasteiger partial charge in [-0.15, -0.1) is 11.3 Å². The summed E-state index contributed by atoms with van der Waals surface area (Å²) in [7, 11) is 1.88. The molecule has 0 aromatic carbocycles. The molecule has 1 atom stereocenters. The van der Waals surface area contributed by atoms with Gasteiger partial charge in [0.2, 0.25) is 0 Å². The van der Waals surface area contributed by atoms with Crippen molar-refractivity contribution in [2.45, 2.75) is 51.0 Å². The average molecular weight is 345 g/mol. The van der Waals surface area contributed by atoms with E-state index < -0.39 is 0 Å². The first kappa shape index (κ1) is 15.6. The van der Waals surface area contributed by atoms with E-state index in [-0.39, 0.29) is 12.1 Å². The van der Waals surface area contributed by atoms with Crippen LogP contribution in [-0.2, 0) is 7.05 Å². The molecular formula is C17H23N5OS. The smallest absolute Gasteiger partial charge is 0.320 e. The van der Waals surface area contributed by atoms with Gasteiger partial charge in [0, 0.05) is 30.1 Å². The number of carbonyl (C=O) groups is 1. The fraction of sp³-hybridized carbons (Fsp3) is 0.588. The van der Waals surface area contributed by atoms with Crippen molar-refractivity contribution < 1.29 is 4.79 Å². The van der Waals surface area contributed by atoms with Crippen LogP contribution in [0.3, 0.4) is 0 Å². The number of rotatable bonds is 5. The molecule has 2 saturated carbocycles. The molecule has 2 aliphatic carbocycles. The second-order valence-electron chi connectivity index (χ2n) is 6.93. The van der Waals surface area contributed by atoms with Crippen molar-refractivity contribution in [3.05, 3.63) is 27.8 Å². The van der Waals surface area contributed by atoms with Crippen LogP contribution in [0, 0.1) is 12.8 Å². The van der Waals surface area contributed by atoms with Gasteiger partial charge in [-0.25, -0.2) is 9.78 Å². The molecule has 2 N–H and O–H groups in total. The molecule has 2 aliphatic rings. The molecule has 2 aromatic heterocycles. The van der Waals surface area contributed by atoms with Crippen LogP contribution in [-0.4, -0.2) is 20.8 Å². The molecule has 0 bridgehead atoms. The summed E-state index contributed by atoms with van der Waals surface area (Å²) in [4.78, 5) is 18.1. The molecule has 0 radical (unpaired) electrons. The van der Waals surface area contributed by atoms with Gasteiger partial charge in [-0.3, -0.25) is 10.00 Å². The van der Waals surface area contributed by atoms with E-state index in [2.05, 4.69) is 20.7 Å². The maximum atomic E-state index is 12.5. The predicted molar refractivity (Wildman–Crippen MR) is 94.3 cm³/mol. The lowest BCUT2D eigenvalue weighted by Crippen LogP contribution is -2.34. The lowest BCUT2D eigenvalue weighted by atomic mass is 9.83. The summed E-state index contributed by atoms with van der Waals surface area (Å²) in [6.45, 7) is 2.04. The predicted octanol–water partition coefficient (Wildman–Crippen LogP) is 3.73. The van der Waals surface area contributed by atoms with Gasteiger partial charge in [0.15, 0.2) is 0 Å². The number of nitrogens with one attached hydrogen (secondary N) is 2. The van der Waals surface area contributed by atoms with Crippen LogP contribution in [0.15, 0.2) is 12.3 Å². The third-order valence-electron chi connectivity index (χ3n) is 4.95. The molecular weight excluding hydrogens is 322 g/mol. The number of aryl methyl sites for hydroxylation is 2. The molecule has 0 aliphatic heterocycles. The molecule has 2 heterocycles. The van der Waals surface area contributed by atoms with Crippen LogP contribution >= 0.6 is 11.3 Å². The maximum absolute atomic E-state index is 12.5. The van der Waals surface area contributed by atoms with Crippen molar-refractivity contribution in [3.8, 4) is 0 Å². The largest absolute Gasteiger partial charge is 0.328 e. The lowest BCUT2D eigenvalue weighted by Gasteiger charge is -2.22. The van der Waals surface area contributed by atoms with Gasteiger partial charge in [0.25, 0.3) is 0 Å². The Bertz CT molecular complexity index is 744. The highest BCUT2D eigenvalue weighted by atomic mass is 32.1. The molecule has 6 nitrogen and oxygen atoms in total. The van der Waals surface area contributed by atoms with Gasteiger partial charge >= 0.3 is 6.03 Å². The Balaban J connectivity index is 1.43. The molecule has 0 unspecified atom stereocenters. The normalized spacial score (nSPS) is 18.9. The summed E-state index contributed by atoms with van der Waals surface area (Å²) in [5.41, 5.74) is 1.09. The zero-order valence-corrected chi connectivity index (χ0v) is 14.9. The second-order valence-corrected chi connectivity index (χ2v) is 8.19. The summed E-state index contributed by atoms with van der Waals surface area (Å²) >= 11 is 1.66. The van der Waals surface area contributed by atoms with Gasteiger partial charge in [0.05, 0.1) is 11.7 Å². The van der Waals surface area contributed by atoms with Gasteiger partial charge in [-0.05, 0) is 38.5 Å². The topological polar surface area (TPSA) is 71.8 Å². The summed E-state index contributed by atoms with van der Waals surface area (Å²) in [6, 6.07) is 1.84. The van der Waals surface area contributed by atoms with Crippen molar-refractivity contribution in [3.63, 3.8) is 0 Å². The van der Waals surface area contributed by atoms with Crippen LogP contribution in [0.1, 0.15) is 59.6 Å². The van der Waals surface area contributed by atoms with Crippen LogP contribution < -0.4 is 10.6 Å².